The monoisotopic (exact) mass is 162 g/mol. The van der Waals surface area contributed by atoms with Gasteiger partial charge in [-0.05, 0) is 25.7 Å². The molecular weight excluding hydrogens is 148 g/mol. The van der Waals surface area contributed by atoms with Crippen LogP contribution >= 0.6 is 11.6 Å². The first-order valence-corrected chi connectivity index (χ1v) is 4.56. The first-order valence-electron chi connectivity index (χ1n) is 4.03. The number of hydrogen-bond donors (Lipinski definition) is 0. The van der Waals surface area contributed by atoms with E-state index in [-0.39, 0.29) is 5.60 Å². The molecule has 1 saturated heterocycles. The van der Waals surface area contributed by atoms with Crippen LogP contribution in [0.1, 0.15) is 32.6 Å². The molecule has 1 nitrogen and oxygen atoms in total. The summed E-state index contributed by atoms with van der Waals surface area (Å²) in [5.74, 6) is 0.656. The van der Waals surface area contributed by atoms with Gasteiger partial charge in [0.2, 0.25) is 0 Å². The number of ether oxygens (including phenoxy) is 1. The van der Waals surface area contributed by atoms with Crippen LogP contribution in [0.5, 0.6) is 0 Å². The molecule has 10 heavy (non-hydrogen) atoms. The highest BCUT2D eigenvalue weighted by Gasteiger charge is 2.29. The maximum Gasteiger partial charge on any atom is 0.0814 e. The predicted molar refractivity (Wildman–Crippen MR) is 43.5 cm³/mol. The highest BCUT2D eigenvalue weighted by molar-refractivity contribution is 6.18. The highest BCUT2D eigenvalue weighted by atomic mass is 35.5. The minimum absolute atomic E-state index is 0.0276. The summed E-state index contributed by atoms with van der Waals surface area (Å²) < 4.78 is 5.63. The van der Waals surface area contributed by atoms with Crippen LogP contribution in [0.3, 0.4) is 0 Å². The summed E-state index contributed by atoms with van der Waals surface area (Å²) >= 11 is 5.81. The Morgan fingerprint density at radius 2 is 2.30 bits per heavy atom. The van der Waals surface area contributed by atoms with Crippen molar-refractivity contribution in [1.29, 1.82) is 0 Å². The molecule has 1 rings (SSSR count). The topological polar surface area (TPSA) is 9.23 Å². The lowest BCUT2D eigenvalue weighted by atomic mass is 9.93. The molecule has 1 fully saturated rings. The summed E-state index contributed by atoms with van der Waals surface area (Å²) in [5, 5.41) is 0. The molecule has 0 N–H and O–H groups in total. The maximum absolute atomic E-state index is 5.81. The molecule has 0 amide bonds. The Balaban J connectivity index is 2.44. The van der Waals surface area contributed by atoms with Crippen molar-refractivity contribution in [3.63, 3.8) is 0 Å². The smallest absolute Gasteiger partial charge is 0.0814 e. The third kappa shape index (κ3) is 1.64. The lowest BCUT2D eigenvalue weighted by Crippen LogP contribution is -2.37. The van der Waals surface area contributed by atoms with Gasteiger partial charge < -0.3 is 4.74 Å². The van der Waals surface area contributed by atoms with Crippen LogP contribution in [0.25, 0.3) is 0 Å². The zero-order valence-electron chi connectivity index (χ0n) is 6.53. The average molecular weight is 163 g/mol. The predicted octanol–water partition coefficient (Wildman–Crippen LogP) is 2.57. The van der Waals surface area contributed by atoms with Crippen LogP contribution in [-0.2, 0) is 4.74 Å². The van der Waals surface area contributed by atoms with Crippen molar-refractivity contribution in [2.45, 2.75) is 38.2 Å². The number of rotatable bonds is 2. The van der Waals surface area contributed by atoms with Gasteiger partial charge in [0.1, 0.15) is 0 Å². The molecule has 0 spiro atoms. The van der Waals surface area contributed by atoms with Crippen LogP contribution in [0.15, 0.2) is 0 Å². The highest BCUT2D eigenvalue weighted by Crippen LogP contribution is 2.28. The second-order valence-corrected chi connectivity index (χ2v) is 3.24. The van der Waals surface area contributed by atoms with E-state index in [9.17, 15) is 0 Å². The summed E-state index contributed by atoms with van der Waals surface area (Å²) in [4.78, 5) is 0. The van der Waals surface area contributed by atoms with E-state index in [1.807, 2.05) is 0 Å². The standard InChI is InChI=1S/C8H15ClO/c1-2-8(7-9)5-3-4-6-10-8/h2-7H2,1H3. The Bertz CT molecular complexity index is 91.4. The van der Waals surface area contributed by atoms with Crippen LogP contribution in [0.2, 0.25) is 0 Å². The van der Waals surface area contributed by atoms with Gasteiger partial charge in [0.05, 0.1) is 11.5 Å². The van der Waals surface area contributed by atoms with E-state index in [4.69, 9.17) is 16.3 Å². The molecule has 0 aromatic carbocycles. The van der Waals surface area contributed by atoms with E-state index in [2.05, 4.69) is 6.92 Å². The van der Waals surface area contributed by atoms with Crippen molar-refractivity contribution in [2.24, 2.45) is 0 Å². The van der Waals surface area contributed by atoms with Gasteiger partial charge >= 0.3 is 0 Å². The molecule has 0 aliphatic carbocycles. The van der Waals surface area contributed by atoms with E-state index in [0.29, 0.717) is 5.88 Å². The molecule has 0 aromatic heterocycles. The first-order chi connectivity index (χ1) is 4.83. The van der Waals surface area contributed by atoms with Crippen molar-refractivity contribution >= 4 is 11.6 Å². The molecule has 2 heteroatoms. The van der Waals surface area contributed by atoms with Gasteiger partial charge in [0, 0.05) is 6.61 Å². The zero-order valence-corrected chi connectivity index (χ0v) is 7.28. The summed E-state index contributed by atoms with van der Waals surface area (Å²) in [6.45, 7) is 3.05. The Morgan fingerprint density at radius 1 is 1.50 bits per heavy atom. The average Bonchev–Trinajstić information content (AvgIpc) is 2.06. The van der Waals surface area contributed by atoms with Crippen molar-refractivity contribution < 1.29 is 4.74 Å². The number of alkyl halides is 1. The molecule has 0 saturated carbocycles. The van der Waals surface area contributed by atoms with Crippen LogP contribution in [-0.4, -0.2) is 18.1 Å². The summed E-state index contributed by atoms with van der Waals surface area (Å²) in [5.41, 5.74) is 0.0276. The Labute approximate surface area is 67.7 Å². The summed E-state index contributed by atoms with van der Waals surface area (Å²) in [6, 6.07) is 0. The third-order valence-corrected chi connectivity index (χ3v) is 2.81. The second-order valence-electron chi connectivity index (χ2n) is 2.98. The fourth-order valence-corrected chi connectivity index (χ4v) is 1.79. The van der Waals surface area contributed by atoms with Gasteiger partial charge in [-0.25, -0.2) is 0 Å². The van der Waals surface area contributed by atoms with E-state index >= 15 is 0 Å². The summed E-state index contributed by atoms with van der Waals surface area (Å²) in [6.07, 6.45) is 4.68. The van der Waals surface area contributed by atoms with Gasteiger partial charge in [0.15, 0.2) is 0 Å². The Morgan fingerprint density at radius 3 is 2.60 bits per heavy atom. The van der Waals surface area contributed by atoms with Gasteiger partial charge in [-0.2, -0.15) is 0 Å². The number of hydrogen-bond acceptors (Lipinski definition) is 1. The molecule has 0 aromatic rings. The molecule has 1 aliphatic rings. The molecule has 0 radical (unpaired) electrons. The van der Waals surface area contributed by atoms with Gasteiger partial charge in [-0.15, -0.1) is 11.6 Å². The second kappa shape index (κ2) is 3.59. The minimum Gasteiger partial charge on any atom is -0.374 e. The third-order valence-electron chi connectivity index (χ3n) is 2.32. The molecule has 1 unspecified atom stereocenters. The lowest BCUT2D eigenvalue weighted by molar-refractivity contribution is -0.0643. The van der Waals surface area contributed by atoms with Crippen molar-refractivity contribution in [2.75, 3.05) is 12.5 Å². The Hall–Kier alpha value is 0.250. The van der Waals surface area contributed by atoms with Gasteiger partial charge in [-0.1, -0.05) is 6.92 Å². The normalized spacial score (nSPS) is 34.2. The molecule has 1 atom stereocenters. The summed E-state index contributed by atoms with van der Waals surface area (Å²) in [7, 11) is 0. The van der Waals surface area contributed by atoms with Crippen molar-refractivity contribution in [3.8, 4) is 0 Å². The largest absolute Gasteiger partial charge is 0.374 e. The molecular formula is C8H15ClO. The molecule has 60 valence electrons. The maximum atomic E-state index is 5.81. The van der Waals surface area contributed by atoms with Crippen molar-refractivity contribution in [3.05, 3.63) is 0 Å². The van der Waals surface area contributed by atoms with E-state index in [1.165, 1.54) is 12.8 Å². The Kier molecular flexibility index (Phi) is 2.99. The quantitative estimate of drug-likeness (QED) is 0.568. The van der Waals surface area contributed by atoms with E-state index in [0.717, 1.165) is 19.4 Å². The van der Waals surface area contributed by atoms with Crippen molar-refractivity contribution in [1.82, 2.24) is 0 Å². The van der Waals surface area contributed by atoms with Crippen LogP contribution in [0, 0.1) is 0 Å². The zero-order chi connectivity index (χ0) is 7.45. The van der Waals surface area contributed by atoms with Gasteiger partial charge in [0.25, 0.3) is 0 Å². The lowest BCUT2D eigenvalue weighted by Gasteiger charge is -2.34. The SMILES string of the molecule is CCC1(CCl)CCCCO1. The fourth-order valence-electron chi connectivity index (χ4n) is 1.39. The van der Waals surface area contributed by atoms with Crippen LogP contribution in [0.4, 0.5) is 0 Å². The molecule has 1 aliphatic heterocycles. The molecule has 1 heterocycles. The number of halogens is 1. The van der Waals surface area contributed by atoms with E-state index in [1.54, 1.807) is 0 Å². The molecule has 0 bridgehead atoms. The fraction of sp³-hybridized carbons (Fsp3) is 1.00. The van der Waals surface area contributed by atoms with Gasteiger partial charge in [-0.3, -0.25) is 0 Å². The van der Waals surface area contributed by atoms with E-state index < -0.39 is 0 Å². The van der Waals surface area contributed by atoms with Crippen LogP contribution < -0.4 is 0 Å². The first kappa shape index (κ1) is 8.35. The minimum atomic E-state index is 0.0276.